The molecule has 0 spiro atoms. The molecule has 3 heteroatoms. The minimum absolute atomic E-state index is 0.253. The average Bonchev–Trinajstić information content (AvgIpc) is 2.75. The molecule has 3 unspecified atom stereocenters. The van der Waals surface area contributed by atoms with Gasteiger partial charge < -0.3 is 5.11 Å². The number of halogens is 1. The smallest absolute Gasteiger partial charge is 0.0826 e. The largest absolute Gasteiger partial charge is 0.388 e. The van der Waals surface area contributed by atoms with E-state index in [-0.39, 0.29) is 6.10 Å². The molecule has 1 fully saturated rings. The van der Waals surface area contributed by atoms with Gasteiger partial charge in [-0.3, -0.25) is 0 Å². The molecule has 1 aliphatic rings. The molecule has 16 heavy (non-hydrogen) atoms. The highest BCUT2D eigenvalue weighted by Crippen LogP contribution is 2.39. The second-order valence-corrected chi connectivity index (χ2v) is 7.12. The van der Waals surface area contributed by atoms with Crippen LogP contribution >= 0.6 is 27.3 Å². The minimum Gasteiger partial charge on any atom is -0.388 e. The summed E-state index contributed by atoms with van der Waals surface area (Å²) in [5.41, 5.74) is 1.10. The van der Waals surface area contributed by atoms with Crippen LogP contribution in [-0.2, 0) is 0 Å². The Morgan fingerprint density at radius 2 is 2.38 bits per heavy atom. The lowest BCUT2D eigenvalue weighted by atomic mass is 9.76. The number of hydrogen-bond acceptors (Lipinski definition) is 2. The first-order valence-electron chi connectivity index (χ1n) is 6.12. The zero-order valence-electron chi connectivity index (χ0n) is 9.66. The zero-order valence-corrected chi connectivity index (χ0v) is 12.1. The van der Waals surface area contributed by atoms with Gasteiger partial charge in [-0.05, 0) is 57.6 Å². The summed E-state index contributed by atoms with van der Waals surface area (Å²) in [7, 11) is 0. The Bertz CT molecular complexity index is 336. The SMILES string of the molecule is CCC1CCCC(C(O)c2csc(Br)c2)C1. The molecule has 0 radical (unpaired) electrons. The summed E-state index contributed by atoms with van der Waals surface area (Å²) in [5, 5.41) is 12.4. The van der Waals surface area contributed by atoms with Gasteiger partial charge in [0.1, 0.15) is 0 Å². The number of rotatable bonds is 3. The van der Waals surface area contributed by atoms with Gasteiger partial charge in [-0.2, -0.15) is 0 Å². The lowest BCUT2D eigenvalue weighted by Gasteiger charge is -2.31. The Morgan fingerprint density at radius 3 is 3.00 bits per heavy atom. The predicted octanol–water partition coefficient (Wildman–Crippen LogP) is 4.76. The van der Waals surface area contributed by atoms with Gasteiger partial charge in [0.15, 0.2) is 0 Å². The number of hydrogen-bond donors (Lipinski definition) is 1. The molecule has 1 saturated carbocycles. The van der Waals surface area contributed by atoms with Crippen LogP contribution in [0.5, 0.6) is 0 Å². The lowest BCUT2D eigenvalue weighted by Crippen LogP contribution is -2.20. The van der Waals surface area contributed by atoms with E-state index in [1.165, 1.54) is 32.1 Å². The molecule has 1 aliphatic carbocycles. The van der Waals surface area contributed by atoms with Crippen molar-refractivity contribution in [2.24, 2.45) is 11.8 Å². The molecule has 1 aromatic rings. The Hall–Kier alpha value is 0.140. The number of aliphatic hydroxyl groups is 1. The van der Waals surface area contributed by atoms with Crippen LogP contribution < -0.4 is 0 Å². The zero-order chi connectivity index (χ0) is 11.5. The van der Waals surface area contributed by atoms with Crippen molar-refractivity contribution in [3.8, 4) is 0 Å². The van der Waals surface area contributed by atoms with Crippen LogP contribution in [0.1, 0.15) is 50.7 Å². The van der Waals surface area contributed by atoms with Gasteiger partial charge in [0.05, 0.1) is 9.89 Å². The van der Waals surface area contributed by atoms with E-state index in [1.54, 1.807) is 11.3 Å². The third kappa shape index (κ3) is 2.88. The molecule has 90 valence electrons. The van der Waals surface area contributed by atoms with E-state index in [4.69, 9.17) is 0 Å². The fourth-order valence-corrected chi connectivity index (χ4v) is 3.95. The molecule has 1 nitrogen and oxygen atoms in total. The van der Waals surface area contributed by atoms with Crippen molar-refractivity contribution >= 4 is 27.3 Å². The summed E-state index contributed by atoms with van der Waals surface area (Å²) < 4.78 is 1.12. The Morgan fingerprint density at radius 1 is 1.56 bits per heavy atom. The summed E-state index contributed by atoms with van der Waals surface area (Å²) >= 11 is 5.12. The second kappa shape index (κ2) is 5.65. The number of aliphatic hydroxyl groups excluding tert-OH is 1. The van der Waals surface area contributed by atoms with Crippen LogP contribution in [0, 0.1) is 11.8 Å². The predicted molar refractivity (Wildman–Crippen MR) is 72.7 cm³/mol. The van der Waals surface area contributed by atoms with Crippen molar-refractivity contribution in [2.45, 2.75) is 45.1 Å². The summed E-state index contributed by atoms with van der Waals surface area (Å²) in [6.45, 7) is 2.26. The van der Waals surface area contributed by atoms with Crippen molar-refractivity contribution in [1.82, 2.24) is 0 Å². The van der Waals surface area contributed by atoms with Crippen LogP contribution in [0.25, 0.3) is 0 Å². The van der Waals surface area contributed by atoms with E-state index in [2.05, 4.69) is 34.3 Å². The maximum absolute atomic E-state index is 10.4. The van der Waals surface area contributed by atoms with Gasteiger partial charge in [-0.15, -0.1) is 11.3 Å². The van der Waals surface area contributed by atoms with Crippen LogP contribution in [0.4, 0.5) is 0 Å². The first-order chi connectivity index (χ1) is 7.70. The van der Waals surface area contributed by atoms with Crippen molar-refractivity contribution in [2.75, 3.05) is 0 Å². The topological polar surface area (TPSA) is 20.2 Å². The molecule has 0 saturated heterocycles. The quantitative estimate of drug-likeness (QED) is 0.853. The summed E-state index contributed by atoms with van der Waals surface area (Å²) in [6, 6.07) is 2.06. The van der Waals surface area contributed by atoms with Crippen LogP contribution in [0.2, 0.25) is 0 Å². The Labute approximate surface area is 110 Å². The molecule has 0 amide bonds. The highest BCUT2D eigenvalue weighted by atomic mass is 79.9. The molecule has 2 rings (SSSR count). The van der Waals surface area contributed by atoms with E-state index < -0.39 is 0 Å². The Balaban J connectivity index is 2.01. The van der Waals surface area contributed by atoms with Gasteiger partial charge in [0, 0.05) is 0 Å². The Kier molecular flexibility index (Phi) is 4.45. The maximum Gasteiger partial charge on any atom is 0.0826 e. The second-order valence-electron chi connectivity index (χ2n) is 4.83. The van der Waals surface area contributed by atoms with Gasteiger partial charge in [-0.1, -0.05) is 26.2 Å². The van der Waals surface area contributed by atoms with E-state index in [0.29, 0.717) is 5.92 Å². The van der Waals surface area contributed by atoms with Crippen molar-refractivity contribution in [1.29, 1.82) is 0 Å². The van der Waals surface area contributed by atoms with E-state index in [1.807, 2.05) is 0 Å². The van der Waals surface area contributed by atoms with E-state index in [0.717, 1.165) is 15.3 Å². The molecule has 1 N–H and O–H groups in total. The third-order valence-electron chi connectivity index (χ3n) is 3.78. The van der Waals surface area contributed by atoms with Crippen LogP contribution in [0.3, 0.4) is 0 Å². The van der Waals surface area contributed by atoms with Crippen LogP contribution in [0.15, 0.2) is 15.2 Å². The molecule has 0 aromatic carbocycles. The summed E-state index contributed by atoms with van der Waals surface area (Å²) in [4.78, 5) is 0. The van der Waals surface area contributed by atoms with Crippen molar-refractivity contribution in [3.63, 3.8) is 0 Å². The van der Waals surface area contributed by atoms with Crippen molar-refractivity contribution < 1.29 is 5.11 Å². The van der Waals surface area contributed by atoms with E-state index >= 15 is 0 Å². The standard InChI is InChI=1S/C13H19BrOS/c1-2-9-4-3-5-10(6-9)13(15)11-7-12(14)16-8-11/h7-10,13,15H,2-6H2,1H3. The maximum atomic E-state index is 10.4. The highest BCUT2D eigenvalue weighted by Gasteiger charge is 2.27. The number of thiophene rings is 1. The molecule has 3 atom stereocenters. The molecule has 0 bridgehead atoms. The molecule has 1 heterocycles. The van der Waals surface area contributed by atoms with Crippen LogP contribution in [-0.4, -0.2) is 5.11 Å². The lowest BCUT2D eigenvalue weighted by molar-refractivity contribution is 0.0681. The normalized spacial score (nSPS) is 27.9. The fraction of sp³-hybridized carbons (Fsp3) is 0.692. The molecule has 1 aromatic heterocycles. The fourth-order valence-electron chi connectivity index (χ4n) is 2.74. The molecular formula is C13H19BrOS. The van der Waals surface area contributed by atoms with Gasteiger partial charge in [-0.25, -0.2) is 0 Å². The first-order valence-corrected chi connectivity index (χ1v) is 7.80. The highest BCUT2D eigenvalue weighted by molar-refractivity contribution is 9.11. The van der Waals surface area contributed by atoms with Gasteiger partial charge >= 0.3 is 0 Å². The van der Waals surface area contributed by atoms with Gasteiger partial charge in [0.25, 0.3) is 0 Å². The van der Waals surface area contributed by atoms with E-state index in [9.17, 15) is 5.11 Å². The molecule has 0 aliphatic heterocycles. The molecular weight excluding hydrogens is 284 g/mol. The van der Waals surface area contributed by atoms with Crippen molar-refractivity contribution in [3.05, 3.63) is 20.8 Å². The summed E-state index contributed by atoms with van der Waals surface area (Å²) in [6.07, 6.45) is 6.03. The summed E-state index contributed by atoms with van der Waals surface area (Å²) in [5.74, 6) is 1.30. The first kappa shape index (κ1) is 12.6. The average molecular weight is 303 g/mol. The minimum atomic E-state index is -0.253. The monoisotopic (exact) mass is 302 g/mol. The third-order valence-corrected chi connectivity index (χ3v) is 5.30. The van der Waals surface area contributed by atoms with Gasteiger partial charge in [0.2, 0.25) is 0 Å².